The van der Waals surface area contributed by atoms with Crippen LogP contribution in [0.3, 0.4) is 0 Å². The smallest absolute Gasteiger partial charge is 0.257 e. The average Bonchev–Trinajstić information content (AvgIpc) is 3.48. The zero-order valence-corrected chi connectivity index (χ0v) is 17.7. The van der Waals surface area contributed by atoms with Crippen molar-refractivity contribution in [2.45, 2.75) is 51.6 Å². The van der Waals surface area contributed by atoms with Crippen molar-refractivity contribution in [2.75, 3.05) is 19.6 Å². The zero-order valence-electron chi connectivity index (χ0n) is 16.9. The first-order valence-corrected chi connectivity index (χ1v) is 10.1. The van der Waals surface area contributed by atoms with Gasteiger partial charge in [0, 0.05) is 19.1 Å². The number of carbonyl (C=O) groups excluding carboxylic acids is 2. The van der Waals surface area contributed by atoms with Crippen LogP contribution in [-0.4, -0.2) is 48.4 Å². The maximum Gasteiger partial charge on any atom is 0.257 e. The maximum atomic E-state index is 13.9. The van der Waals surface area contributed by atoms with Gasteiger partial charge in [-0.2, -0.15) is 0 Å². The summed E-state index contributed by atoms with van der Waals surface area (Å²) in [6, 6.07) is 2.87. The maximum absolute atomic E-state index is 13.9. The van der Waals surface area contributed by atoms with Gasteiger partial charge in [0.1, 0.15) is 23.2 Å². The van der Waals surface area contributed by atoms with Crippen molar-refractivity contribution in [3.05, 3.63) is 35.4 Å². The van der Waals surface area contributed by atoms with Crippen molar-refractivity contribution in [1.82, 2.24) is 15.5 Å². The SMILES string of the molecule is CC(C)C(NC(=O)c1c(F)cccc1F)C(=O)N1CCC(NCC2CC2)CC1.Cl. The lowest BCUT2D eigenvalue weighted by molar-refractivity contribution is -0.135. The van der Waals surface area contributed by atoms with Crippen molar-refractivity contribution in [3.8, 4) is 0 Å². The van der Waals surface area contributed by atoms with Gasteiger partial charge < -0.3 is 15.5 Å². The highest BCUT2D eigenvalue weighted by molar-refractivity contribution is 5.98. The molecular weight excluding hydrogens is 400 g/mol. The summed E-state index contributed by atoms with van der Waals surface area (Å²) >= 11 is 0. The van der Waals surface area contributed by atoms with Crippen LogP contribution < -0.4 is 10.6 Å². The molecule has 2 amide bonds. The fourth-order valence-electron chi connectivity index (χ4n) is 3.60. The summed E-state index contributed by atoms with van der Waals surface area (Å²) in [5.41, 5.74) is -0.649. The van der Waals surface area contributed by atoms with E-state index in [2.05, 4.69) is 10.6 Å². The van der Waals surface area contributed by atoms with Crippen LogP contribution in [0.4, 0.5) is 8.78 Å². The van der Waals surface area contributed by atoms with Crippen LogP contribution in [0.15, 0.2) is 18.2 Å². The van der Waals surface area contributed by atoms with Crippen LogP contribution in [-0.2, 0) is 4.79 Å². The molecule has 162 valence electrons. The Kier molecular flexibility index (Phi) is 8.40. The quantitative estimate of drug-likeness (QED) is 0.700. The lowest BCUT2D eigenvalue weighted by Gasteiger charge is -2.35. The van der Waals surface area contributed by atoms with Crippen molar-refractivity contribution in [3.63, 3.8) is 0 Å². The van der Waals surface area contributed by atoms with Gasteiger partial charge in [0.15, 0.2) is 0 Å². The Labute approximate surface area is 177 Å². The molecule has 0 spiro atoms. The normalized spacial score (nSPS) is 18.3. The fraction of sp³-hybridized carbons (Fsp3) is 0.619. The minimum absolute atomic E-state index is 0. The topological polar surface area (TPSA) is 61.4 Å². The molecule has 1 unspecified atom stereocenters. The van der Waals surface area contributed by atoms with Crippen LogP contribution >= 0.6 is 12.4 Å². The highest BCUT2D eigenvalue weighted by atomic mass is 35.5. The van der Waals surface area contributed by atoms with Crippen LogP contribution in [0.2, 0.25) is 0 Å². The molecular formula is C21H30ClF2N3O2. The molecule has 1 aromatic carbocycles. The van der Waals surface area contributed by atoms with Crippen LogP contribution in [0.1, 0.15) is 49.9 Å². The summed E-state index contributed by atoms with van der Waals surface area (Å²) in [6.45, 7) is 5.91. The van der Waals surface area contributed by atoms with E-state index in [0.29, 0.717) is 19.1 Å². The van der Waals surface area contributed by atoms with Gasteiger partial charge in [0.25, 0.3) is 5.91 Å². The number of nitrogens with one attached hydrogen (secondary N) is 2. The number of hydrogen-bond acceptors (Lipinski definition) is 3. The van der Waals surface area contributed by atoms with E-state index in [9.17, 15) is 18.4 Å². The van der Waals surface area contributed by atoms with Gasteiger partial charge in [-0.1, -0.05) is 19.9 Å². The monoisotopic (exact) mass is 429 g/mol. The number of rotatable bonds is 7. The highest BCUT2D eigenvalue weighted by Crippen LogP contribution is 2.28. The number of piperidine rings is 1. The molecule has 1 atom stereocenters. The van der Waals surface area contributed by atoms with Gasteiger partial charge >= 0.3 is 0 Å². The Morgan fingerprint density at radius 3 is 2.21 bits per heavy atom. The molecule has 1 heterocycles. The Bertz CT molecular complexity index is 700. The van der Waals surface area contributed by atoms with Crippen molar-refractivity contribution in [1.29, 1.82) is 0 Å². The summed E-state index contributed by atoms with van der Waals surface area (Å²) in [5.74, 6) is -2.34. The Morgan fingerprint density at radius 1 is 1.10 bits per heavy atom. The summed E-state index contributed by atoms with van der Waals surface area (Å²) in [4.78, 5) is 27.1. The van der Waals surface area contributed by atoms with E-state index >= 15 is 0 Å². The van der Waals surface area contributed by atoms with E-state index in [4.69, 9.17) is 0 Å². The number of nitrogens with zero attached hydrogens (tertiary/aromatic N) is 1. The van der Waals surface area contributed by atoms with Gasteiger partial charge in [-0.3, -0.25) is 9.59 Å². The number of likely N-dealkylation sites (tertiary alicyclic amines) is 1. The second-order valence-electron chi connectivity index (χ2n) is 8.24. The second-order valence-corrected chi connectivity index (χ2v) is 8.24. The summed E-state index contributed by atoms with van der Waals surface area (Å²) < 4.78 is 27.8. The third kappa shape index (κ3) is 6.12. The van der Waals surface area contributed by atoms with Crippen LogP contribution in [0, 0.1) is 23.5 Å². The van der Waals surface area contributed by atoms with Crippen molar-refractivity contribution >= 4 is 24.2 Å². The number of amides is 2. The van der Waals surface area contributed by atoms with Crippen molar-refractivity contribution in [2.24, 2.45) is 11.8 Å². The van der Waals surface area contributed by atoms with E-state index in [0.717, 1.165) is 37.4 Å². The fourth-order valence-corrected chi connectivity index (χ4v) is 3.60. The molecule has 1 aromatic rings. The molecule has 2 aliphatic rings. The first-order valence-electron chi connectivity index (χ1n) is 10.1. The van der Waals surface area contributed by atoms with E-state index in [1.165, 1.54) is 18.9 Å². The Hall–Kier alpha value is -1.73. The van der Waals surface area contributed by atoms with Crippen LogP contribution in [0.5, 0.6) is 0 Å². The molecule has 2 N–H and O–H groups in total. The van der Waals surface area contributed by atoms with Gasteiger partial charge in [-0.05, 0) is 56.2 Å². The van der Waals surface area contributed by atoms with E-state index < -0.39 is 29.1 Å². The summed E-state index contributed by atoms with van der Waals surface area (Å²) in [7, 11) is 0. The number of halogens is 3. The minimum Gasteiger partial charge on any atom is -0.341 e. The minimum atomic E-state index is -0.935. The summed E-state index contributed by atoms with van der Waals surface area (Å²) in [6.07, 6.45) is 4.36. The van der Waals surface area contributed by atoms with E-state index in [-0.39, 0.29) is 24.2 Å². The molecule has 2 fully saturated rings. The zero-order chi connectivity index (χ0) is 20.3. The van der Waals surface area contributed by atoms with E-state index in [1.807, 2.05) is 13.8 Å². The molecule has 0 aromatic heterocycles. The third-order valence-corrected chi connectivity index (χ3v) is 5.61. The Balaban J connectivity index is 0.00000300. The number of carbonyl (C=O) groups is 2. The standard InChI is InChI=1S/C21H29F2N3O2.ClH/c1-13(2)19(25-20(27)18-16(22)4-3-5-17(18)23)21(28)26-10-8-15(9-11-26)24-12-14-6-7-14;/h3-5,13-15,19,24H,6-12H2,1-2H3,(H,25,27);1H. The molecule has 1 aliphatic carbocycles. The lowest BCUT2D eigenvalue weighted by atomic mass is 9.99. The largest absolute Gasteiger partial charge is 0.341 e. The van der Waals surface area contributed by atoms with Gasteiger partial charge in [-0.15, -0.1) is 12.4 Å². The predicted molar refractivity (Wildman–Crippen MR) is 110 cm³/mol. The van der Waals surface area contributed by atoms with Crippen molar-refractivity contribution < 1.29 is 18.4 Å². The third-order valence-electron chi connectivity index (χ3n) is 5.61. The highest BCUT2D eigenvalue weighted by Gasteiger charge is 2.33. The predicted octanol–water partition coefficient (Wildman–Crippen LogP) is 3.13. The Morgan fingerprint density at radius 2 is 1.69 bits per heavy atom. The molecule has 1 saturated heterocycles. The molecule has 3 rings (SSSR count). The second kappa shape index (κ2) is 10.3. The molecule has 1 saturated carbocycles. The molecule has 5 nitrogen and oxygen atoms in total. The van der Waals surface area contributed by atoms with Gasteiger partial charge in [0.05, 0.1) is 0 Å². The molecule has 0 radical (unpaired) electrons. The first-order chi connectivity index (χ1) is 13.4. The average molecular weight is 430 g/mol. The van der Waals surface area contributed by atoms with Gasteiger partial charge in [-0.25, -0.2) is 8.78 Å². The number of hydrogen-bond donors (Lipinski definition) is 2. The van der Waals surface area contributed by atoms with E-state index in [1.54, 1.807) is 4.90 Å². The molecule has 8 heteroatoms. The van der Waals surface area contributed by atoms with Crippen LogP contribution in [0.25, 0.3) is 0 Å². The first kappa shape index (κ1) is 23.5. The molecule has 1 aliphatic heterocycles. The molecule has 29 heavy (non-hydrogen) atoms. The number of benzene rings is 1. The lowest BCUT2D eigenvalue weighted by Crippen LogP contribution is -2.54. The molecule has 0 bridgehead atoms. The van der Waals surface area contributed by atoms with Gasteiger partial charge in [0.2, 0.25) is 5.91 Å². The summed E-state index contributed by atoms with van der Waals surface area (Å²) in [5, 5.41) is 6.12.